The molecule has 1 aromatic carbocycles. The normalized spacial score (nSPS) is 10.7. The Morgan fingerprint density at radius 1 is 1.13 bits per heavy atom. The van der Waals surface area contributed by atoms with Crippen LogP contribution in [0, 0.1) is 0 Å². The molecular formula is C13H22N2. The summed E-state index contributed by atoms with van der Waals surface area (Å²) in [5, 5.41) is 3.40. The average molecular weight is 206 g/mol. The van der Waals surface area contributed by atoms with E-state index in [1.165, 1.54) is 24.1 Å². The van der Waals surface area contributed by atoms with E-state index in [9.17, 15) is 0 Å². The van der Waals surface area contributed by atoms with Crippen molar-refractivity contribution in [1.82, 2.24) is 4.90 Å². The van der Waals surface area contributed by atoms with E-state index in [-0.39, 0.29) is 0 Å². The maximum atomic E-state index is 3.40. The number of nitrogens with one attached hydrogen (secondary N) is 1. The van der Waals surface area contributed by atoms with Gasteiger partial charge >= 0.3 is 0 Å². The molecule has 0 saturated heterocycles. The molecule has 1 rings (SSSR count). The lowest BCUT2D eigenvalue weighted by molar-refractivity contribution is 0.425. The number of rotatable bonds is 6. The van der Waals surface area contributed by atoms with Crippen LogP contribution in [0.4, 0.5) is 5.69 Å². The van der Waals surface area contributed by atoms with Gasteiger partial charge in [-0.3, -0.25) is 0 Å². The van der Waals surface area contributed by atoms with Gasteiger partial charge < -0.3 is 10.2 Å². The Hall–Kier alpha value is -1.02. The highest BCUT2D eigenvalue weighted by Gasteiger charge is 1.94. The molecule has 0 unspecified atom stereocenters. The second-order valence-electron chi connectivity index (χ2n) is 4.18. The number of aryl methyl sites for hydroxylation is 1. The van der Waals surface area contributed by atoms with E-state index < -0.39 is 0 Å². The summed E-state index contributed by atoms with van der Waals surface area (Å²) in [5.74, 6) is 0. The van der Waals surface area contributed by atoms with Crippen LogP contribution in [0.2, 0.25) is 0 Å². The molecule has 0 aliphatic rings. The number of anilines is 1. The molecule has 0 heterocycles. The molecular weight excluding hydrogens is 184 g/mol. The Kier molecular flexibility index (Phi) is 5.19. The first-order valence-corrected chi connectivity index (χ1v) is 5.70. The van der Waals surface area contributed by atoms with Crippen LogP contribution in [-0.2, 0) is 6.42 Å². The molecule has 1 N–H and O–H groups in total. The van der Waals surface area contributed by atoms with Crippen LogP contribution in [0.1, 0.15) is 18.9 Å². The van der Waals surface area contributed by atoms with E-state index in [0.717, 1.165) is 13.1 Å². The Labute approximate surface area is 93.3 Å². The van der Waals surface area contributed by atoms with Gasteiger partial charge in [-0.25, -0.2) is 0 Å². The zero-order chi connectivity index (χ0) is 11.1. The van der Waals surface area contributed by atoms with Gasteiger partial charge in [0.05, 0.1) is 0 Å². The van der Waals surface area contributed by atoms with E-state index in [2.05, 4.69) is 55.5 Å². The number of hydrogen-bond donors (Lipinski definition) is 1. The summed E-state index contributed by atoms with van der Waals surface area (Å²) in [4.78, 5) is 2.18. The maximum Gasteiger partial charge on any atom is 0.0340 e. The second kappa shape index (κ2) is 6.46. The number of likely N-dealkylation sites (N-methyl/N-ethyl adjacent to an activating group) is 1. The van der Waals surface area contributed by atoms with E-state index in [1.807, 2.05) is 0 Å². The van der Waals surface area contributed by atoms with Crippen molar-refractivity contribution in [2.45, 2.75) is 19.8 Å². The third-order valence-corrected chi connectivity index (χ3v) is 2.38. The van der Waals surface area contributed by atoms with Gasteiger partial charge in [0.25, 0.3) is 0 Å². The molecule has 0 aliphatic heterocycles. The van der Waals surface area contributed by atoms with Gasteiger partial charge in [-0.05, 0) is 38.2 Å². The topological polar surface area (TPSA) is 15.3 Å². The summed E-state index contributed by atoms with van der Waals surface area (Å²) in [6.45, 7) is 4.28. The molecule has 15 heavy (non-hydrogen) atoms. The average Bonchev–Trinajstić information content (AvgIpc) is 2.20. The van der Waals surface area contributed by atoms with Crippen LogP contribution < -0.4 is 5.32 Å². The van der Waals surface area contributed by atoms with Crippen LogP contribution in [0.5, 0.6) is 0 Å². The second-order valence-corrected chi connectivity index (χ2v) is 4.18. The molecule has 2 nitrogen and oxygen atoms in total. The van der Waals surface area contributed by atoms with E-state index in [1.54, 1.807) is 0 Å². The van der Waals surface area contributed by atoms with Crippen molar-refractivity contribution in [2.75, 3.05) is 32.5 Å². The zero-order valence-corrected chi connectivity index (χ0v) is 10.1. The fraction of sp³-hybridized carbons (Fsp3) is 0.538. The van der Waals surface area contributed by atoms with Crippen LogP contribution in [0.3, 0.4) is 0 Å². The molecule has 0 saturated carbocycles. The Morgan fingerprint density at radius 2 is 1.80 bits per heavy atom. The molecule has 0 aliphatic carbocycles. The maximum absolute atomic E-state index is 3.40. The van der Waals surface area contributed by atoms with Crippen LogP contribution in [0.25, 0.3) is 0 Å². The molecule has 0 fully saturated rings. The summed E-state index contributed by atoms with van der Waals surface area (Å²) in [7, 11) is 4.18. The van der Waals surface area contributed by atoms with Gasteiger partial charge in [-0.15, -0.1) is 0 Å². The lowest BCUT2D eigenvalue weighted by Crippen LogP contribution is -2.20. The first-order chi connectivity index (χ1) is 7.22. The van der Waals surface area contributed by atoms with Crippen molar-refractivity contribution in [2.24, 2.45) is 0 Å². The minimum atomic E-state index is 1.00. The number of hydrogen-bond acceptors (Lipinski definition) is 2. The third kappa shape index (κ3) is 4.84. The van der Waals surface area contributed by atoms with Gasteiger partial charge in [0.1, 0.15) is 0 Å². The molecule has 0 amide bonds. The van der Waals surface area contributed by atoms with Gasteiger partial charge in [-0.2, -0.15) is 0 Å². The predicted octanol–water partition coefficient (Wildman–Crippen LogP) is 2.61. The minimum absolute atomic E-state index is 1.00. The molecule has 2 heteroatoms. The molecule has 0 spiro atoms. The summed E-state index contributed by atoms with van der Waals surface area (Å²) < 4.78 is 0. The monoisotopic (exact) mass is 206 g/mol. The fourth-order valence-electron chi connectivity index (χ4n) is 1.50. The molecule has 1 aromatic rings. The standard InChI is InChI=1S/C13H22N2/c1-4-5-12-6-8-13(9-7-12)14-10-11-15(2)3/h6-9,14H,4-5,10-11H2,1-3H3. The highest BCUT2D eigenvalue weighted by Crippen LogP contribution is 2.10. The lowest BCUT2D eigenvalue weighted by atomic mass is 10.1. The lowest BCUT2D eigenvalue weighted by Gasteiger charge is -2.11. The van der Waals surface area contributed by atoms with Crippen LogP contribution >= 0.6 is 0 Å². The van der Waals surface area contributed by atoms with Gasteiger partial charge in [0.15, 0.2) is 0 Å². The molecule has 0 atom stereocenters. The number of nitrogens with zero attached hydrogens (tertiary/aromatic N) is 1. The quantitative estimate of drug-likeness (QED) is 0.769. The Bertz CT molecular complexity index is 264. The van der Waals surface area contributed by atoms with Gasteiger partial charge in [0, 0.05) is 18.8 Å². The van der Waals surface area contributed by atoms with Crippen molar-refractivity contribution in [3.8, 4) is 0 Å². The smallest absolute Gasteiger partial charge is 0.0340 e. The molecule has 0 aromatic heterocycles. The van der Waals surface area contributed by atoms with Crippen molar-refractivity contribution in [1.29, 1.82) is 0 Å². The summed E-state index contributed by atoms with van der Waals surface area (Å²) in [6.07, 6.45) is 2.39. The highest BCUT2D eigenvalue weighted by molar-refractivity contribution is 5.44. The first-order valence-electron chi connectivity index (χ1n) is 5.70. The van der Waals surface area contributed by atoms with E-state index in [4.69, 9.17) is 0 Å². The molecule has 84 valence electrons. The summed E-state index contributed by atoms with van der Waals surface area (Å²) in [5.41, 5.74) is 2.65. The fourth-order valence-corrected chi connectivity index (χ4v) is 1.50. The van der Waals surface area contributed by atoms with Crippen LogP contribution in [0.15, 0.2) is 24.3 Å². The van der Waals surface area contributed by atoms with E-state index in [0.29, 0.717) is 0 Å². The van der Waals surface area contributed by atoms with Crippen molar-refractivity contribution in [3.63, 3.8) is 0 Å². The third-order valence-electron chi connectivity index (χ3n) is 2.38. The largest absolute Gasteiger partial charge is 0.384 e. The Morgan fingerprint density at radius 3 is 2.33 bits per heavy atom. The van der Waals surface area contributed by atoms with E-state index >= 15 is 0 Å². The van der Waals surface area contributed by atoms with Crippen molar-refractivity contribution >= 4 is 5.69 Å². The van der Waals surface area contributed by atoms with Crippen LogP contribution in [-0.4, -0.2) is 32.1 Å². The van der Waals surface area contributed by atoms with Gasteiger partial charge in [0.2, 0.25) is 0 Å². The van der Waals surface area contributed by atoms with Crippen molar-refractivity contribution < 1.29 is 0 Å². The molecule has 0 radical (unpaired) electrons. The number of benzene rings is 1. The Balaban J connectivity index is 2.36. The predicted molar refractivity (Wildman–Crippen MR) is 67.5 cm³/mol. The highest BCUT2D eigenvalue weighted by atomic mass is 15.1. The SMILES string of the molecule is CCCc1ccc(NCCN(C)C)cc1. The van der Waals surface area contributed by atoms with Crippen molar-refractivity contribution in [3.05, 3.63) is 29.8 Å². The minimum Gasteiger partial charge on any atom is -0.384 e. The molecule has 0 bridgehead atoms. The first kappa shape index (κ1) is 12.1. The summed E-state index contributed by atoms with van der Waals surface area (Å²) >= 11 is 0. The van der Waals surface area contributed by atoms with Gasteiger partial charge in [-0.1, -0.05) is 25.5 Å². The summed E-state index contributed by atoms with van der Waals surface area (Å²) in [6, 6.07) is 8.75. The zero-order valence-electron chi connectivity index (χ0n) is 10.1.